The Morgan fingerprint density at radius 2 is 1.75 bits per heavy atom. The summed E-state index contributed by atoms with van der Waals surface area (Å²) >= 11 is 0. The maximum atomic E-state index is 12.2. The first-order valence-corrected chi connectivity index (χ1v) is 7.61. The van der Waals surface area contributed by atoms with E-state index in [4.69, 9.17) is 4.74 Å². The molecule has 0 aromatic rings. The van der Waals surface area contributed by atoms with Crippen LogP contribution in [0.5, 0.6) is 0 Å². The van der Waals surface area contributed by atoms with Crippen LogP contribution in [0.4, 0.5) is 4.79 Å². The molecule has 130 valence electrons. The number of urea groups is 1. The number of imide groups is 2. The van der Waals surface area contributed by atoms with Crippen molar-refractivity contribution in [2.45, 2.75) is 19.3 Å². The monoisotopic (exact) mass is 337 g/mol. The second-order valence-corrected chi connectivity index (χ2v) is 5.52. The van der Waals surface area contributed by atoms with Crippen LogP contribution >= 0.6 is 0 Å². The minimum atomic E-state index is -0.770. The lowest BCUT2D eigenvalue weighted by molar-refractivity contribution is -0.149. The molecule has 1 saturated heterocycles. The number of nitrogens with zero attached hydrogens (tertiary/aromatic N) is 1. The lowest BCUT2D eigenvalue weighted by Crippen LogP contribution is -2.40. The number of esters is 1. The Morgan fingerprint density at radius 3 is 2.29 bits per heavy atom. The Balaban J connectivity index is 1.76. The molecule has 9 nitrogen and oxygen atoms in total. The SMILES string of the molecule is CNC(=O)NC(=O)COC(=O)CCN1C(=O)[C@H]2CC=CC[C@@H]2C1=O. The van der Waals surface area contributed by atoms with Crippen LogP contribution in [-0.4, -0.2) is 54.8 Å². The van der Waals surface area contributed by atoms with Crippen LogP contribution in [0.1, 0.15) is 19.3 Å². The van der Waals surface area contributed by atoms with E-state index in [0.717, 1.165) is 4.90 Å². The van der Waals surface area contributed by atoms with E-state index in [9.17, 15) is 24.0 Å². The second-order valence-electron chi connectivity index (χ2n) is 5.52. The lowest BCUT2D eigenvalue weighted by atomic mass is 9.85. The number of ether oxygens (including phenoxy) is 1. The molecule has 2 N–H and O–H groups in total. The van der Waals surface area contributed by atoms with Crippen LogP contribution in [-0.2, 0) is 23.9 Å². The van der Waals surface area contributed by atoms with Crippen molar-refractivity contribution in [3.05, 3.63) is 12.2 Å². The van der Waals surface area contributed by atoms with Gasteiger partial charge in [-0.1, -0.05) is 12.2 Å². The van der Waals surface area contributed by atoms with Crippen molar-refractivity contribution in [2.75, 3.05) is 20.2 Å². The number of likely N-dealkylation sites (tertiary alicyclic amines) is 1. The van der Waals surface area contributed by atoms with Crippen LogP contribution in [0, 0.1) is 11.8 Å². The zero-order valence-corrected chi connectivity index (χ0v) is 13.2. The molecule has 0 aromatic carbocycles. The van der Waals surface area contributed by atoms with Gasteiger partial charge in [-0.25, -0.2) is 4.79 Å². The number of hydrogen-bond donors (Lipinski definition) is 2. The summed E-state index contributed by atoms with van der Waals surface area (Å²) in [6.07, 6.45) is 4.65. The zero-order valence-electron chi connectivity index (χ0n) is 13.2. The number of fused-ring (bicyclic) bond motifs is 1. The lowest BCUT2D eigenvalue weighted by Gasteiger charge is -2.14. The van der Waals surface area contributed by atoms with Gasteiger partial charge in [0.15, 0.2) is 6.61 Å². The van der Waals surface area contributed by atoms with Crippen molar-refractivity contribution in [2.24, 2.45) is 11.8 Å². The van der Waals surface area contributed by atoms with Gasteiger partial charge in [0.25, 0.3) is 5.91 Å². The summed E-state index contributed by atoms with van der Waals surface area (Å²) in [5, 5.41) is 4.12. The number of nitrogens with one attached hydrogen (secondary N) is 2. The molecule has 0 radical (unpaired) electrons. The van der Waals surface area contributed by atoms with E-state index in [-0.39, 0.29) is 36.6 Å². The van der Waals surface area contributed by atoms with E-state index in [0.29, 0.717) is 12.8 Å². The van der Waals surface area contributed by atoms with Gasteiger partial charge in [-0.15, -0.1) is 0 Å². The zero-order chi connectivity index (χ0) is 17.7. The van der Waals surface area contributed by atoms with E-state index < -0.39 is 24.5 Å². The molecular weight excluding hydrogens is 318 g/mol. The third-order valence-electron chi connectivity index (χ3n) is 3.98. The molecule has 5 amide bonds. The van der Waals surface area contributed by atoms with Crippen molar-refractivity contribution in [1.29, 1.82) is 0 Å². The van der Waals surface area contributed by atoms with Crippen LogP contribution in [0.25, 0.3) is 0 Å². The van der Waals surface area contributed by atoms with Gasteiger partial charge in [0, 0.05) is 13.6 Å². The number of carbonyl (C=O) groups is 5. The van der Waals surface area contributed by atoms with E-state index in [1.54, 1.807) is 0 Å². The summed E-state index contributed by atoms with van der Waals surface area (Å²) in [5.74, 6) is -2.70. The van der Waals surface area contributed by atoms with E-state index >= 15 is 0 Å². The number of amides is 5. The molecule has 0 aromatic heterocycles. The number of rotatable bonds is 5. The fraction of sp³-hybridized carbons (Fsp3) is 0.533. The Kier molecular flexibility index (Phi) is 5.67. The van der Waals surface area contributed by atoms with E-state index in [1.807, 2.05) is 17.5 Å². The first-order chi connectivity index (χ1) is 11.4. The molecule has 0 saturated carbocycles. The molecule has 1 aliphatic heterocycles. The van der Waals surface area contributed by atoms with E-state index in [2.05, 4.69) is 5.32 Å². The summed E-state index contributed by atoms with van der Waals surface area (Å²) in [6.45, 7) is -0.677. The molecule has 1 heterocycles. The summed E-state index contributed by atoms with van der Waals surface area (Å²) in [4.78, 5) is 59.3. The predicted molar refractivity (Wildman–Crippen MR) is 80.2 cm³/mol. The van der Waals surface area contributed by atoms with Crippen LogP contribution in [0.15, 0.2) is 12.2 Å². The highest BCUT2D eigenvalue weighted by molar-refractivity contribution is 6.05. The summed E-state index contributed by atoms with van der Waals surface area (Å²) in [6, 6.07) is -0.708. The van der Waals surface area contributed by atoms with Crippen LogP contribution < -0.4 is 10.6 Å². The first kappa shape index (κ1) is 17.6. The van der Waals surface area contributed by atoms with Gasteiger partial charge < -0.3 is 10.1 Å². The second kappa shape index (κ2) is 7.71. The van der Waals surface area contributed by atoms with Gasteiger partial charge in [-0.2, -0.15) is 0 Å². The quantitative estimate of drug-likeness (QED) is 0.390. The molecule has 1 aliphatic carbocycles. The normalized spacial score (nSPS) is 22.1. The molecular formula is C15H19N3O6. The highest BCUT2D eigenvalue weighted by Gasteiger charge is 2.46. The Bertz CT molecular complexity index is 574. The molecule has 2 atom stereocenters. The maximum Gasteiger partial charge on any atom is 0.321 e. The van der Waals surface area contributed by atoms with E-state index in [1.165, 1.54) is 7.05 Å². The Hall–Kier alpha value is -2.71. The topological polar surface area (TPSA) is 122 Å². The van der Waals surface area contributed by atoms with Gasteiger partial charge >= 0.3 is 12.0 Å². The molecule has 9 heteroatoms. The average molecular weight is 337 g/mol. The van der Waals surface area contributed by atoms with Gasteiger partial charge in [0.2, 0.25) is 11.8 Å². The fourth-order valence-electron chi connectivity index (χ4n) is 2.74. The van der Waals surface area contributed by atoms with Crippen LogP contribution in [0.2, 0.25) is 0 Å². The smallest absolute Gasteiger partial charge is 0.321 e. The minimum absolute atomic E-state index is 0.0689. The van der Waals surface area contributed by atoms with Crippen molar-refractivity contribution in [1.82, 2.24) is 15.5 Å². The van der Waals surface area contributed by atoms with Gasteiger partial charge in [0.05, 0.1) is 18.3 Å². The van der Waals surface area contributed by atoms with Gasteiger partial charge in [-0.05, 0) is 12.8 Å². The van der Waals surface area contributed by atoms with Gasteiger partial charge in [-0.3, -0.25) is 29.4 Å². The summed E-state index contributed by atoms with van der Waals surface area (Å²) < 4.78 is 4.71. The predicted octanol–water partition coefficient (Wildman–Crippen LogP) is -0.673. The van der Waals surface area contributed by atoms with Gasteiger partial charge in [0.1, 0.15) is 0 Å². The standard InChI is InChI=1S/C15H19N3O6/c1-16-15(23)17-11(19)8-24-12(20)6-7-18-13(21)9-4-2-3-5-10(9)14(18)22/h2-3,9-10H,4-8H2,1H3,(H2,16,17,19,23)/t9-,10-/m0/s1. The van der Waals surface area contributed by atoms with Crippen LogP contribution in [0.3, 0.4) is 0 Å². The first-order valence-electron chi connectivity index (χ1n) is 7.61. The molecule has 0 spiro atoms. The molecule has 2 rings (SSSR count). The highest BCUT2D eigenvalue weighted by Crippen LogP contribution is 2.34. The highest BCUT2D eigenvalue weighted by atomic mass is 16.5. The third kappa shape index (κ3) is 3.98. The fourth-order valence-corrected chi connectivity index (χ4v) is 2.74. The summed E-state index contributed by atoms with van der Waals surface area (Å²) in [5.41, 5.74) is 0. The Morgan fingerprint density at radius 1 is 1.17 bits per heavy atom. The number of hydrogen-bond acceptors (Lipinski definition) is 6. The molecule has 0 bridgehead atoms. The molecule has 0 unspecified atom stereocenters. The molecule has 2 aliphatic rings. The third-order valence-corrected chi connectivity index (χ3v) is 3.98. The minimum Gasteiger partial charge on any atom is -0.456 e. The number of carbonyl (C=O) groups excluding carboxylic acids is 5. The molecule has 24 heavy (non-hydrogen) atoms. The van der Waals surface area contributed by atoms with Crippen molar-refractivity contribution in [3.8, 4) is 0 Å². The number of allylic oxidation sites excluding steroid dienone is 2. The largest absolute Gasteiger partial charge is 0.456 e. The Labute approximate surface area is 138 Å². The summed E-state index contributed by atoms with van der Waals surface area (Å²) in [7, 11) is 1.34. The van der Waals surface area contributed by atoms with Crippen molar-refractivity contribution in [3.63, 3.8) is 0 Å². The average Bonchev–Trinajstić information content (AvgIpc) is 2.82. The molecule has 1 fully saturated rings. The van der Waals surface area contributed by atoms with Crippen molar-refractivity contribution < 1.29 is 28.7 Å². The van der Waals surface area contributed by atoms with Crippen molar-refractivity contribution >= 4 is 29.7 Å². The maximum absolute atomic E-state index is 12.2.